The largest absolute Gasteiger partial charge is 0.484 e. The number of nitrogens with zero attached hydrogens (tertiary/aromatic N) is 1. The molecule has 0 saturated heterocycles. The molecule has 2 amide bonds. The van der Waals surface area contributed by atoms with Gasteiger partial charge in [0.25, 0.3) is 5.91 Å². The summed E-state index contributed by atoms with van der Waals surface area (Å²) in [6, 6.07) is 10.2. The monoisotopic (exact) mass is 336 g/mol. The highest BCUT2D eigenvalue weighted by Gasteiger charge is 2.13. The second-order valence-electron chi connectivity index (χ2n) is 4.85. The lowest BCUT2D eigenvalue weighted by Gasteiger charge is -2.17. The maximum absolute atomic E-state index is 11.9. The summed E-state index contributed by atoms with van der Waals surface area (Å²) in [5.74, 6) is 0.619. The third-order valence-corrected chi connectivity index (χ3v) is 3.27. The van der Waals surface area contributed by atoms with Gasteiger partial charge < -0.3 is 19.4 Å². The van der Waals surface area contributed by atoms with Crippen molar-refractivity contribution in [3.05, 3.63) is 53.4 Å². The van der Waals surface area contributed by atoms with Crippen molar-refractivity contribution < 1.29 is 18.7 Å². The molecule has 1 N–H and O–H groups in total. The highest BCUT2D eigenvalue weighted by Crippen LogP contribution is 2.15. The van der Waals surface area contributed by atoms with Crippen LogP contribution in [0.4, 0.5) is 0 Å². The van der Waals surface area contributed by atoms with Gasteiger partial charge in [0, 0.05) is 12.1 Å². The molecule has 0 spiro atoms. The Balaban J connectivity index is 1.71. The van der Waals surface area contributed by atoms with Crippen molar-refractivity contribution in [2.45, 2.75) is 6.54 Å². The standard InChI is InChI=1S/C16H17ClN2O4/c1-19(10-15(20)18-9-14-3-2-8-22-14)16(21)11-23-13-6-4-12(17)5-7-13/h2-8H,9-11H2,1H3,(H,18,20). The Hall–Kier alpha value is -2.47. The van der Waals surface area contributed by atoms with Gasteiger partial charge in [0.2, 0.25) is 5.91 Å². The zero-order chi connectivity index (χ0) is 16.7. The Kier molecular flexibility index (Phi) is 6.05. The van der Waals surface area contributed by atoms with Crippen LogP contribution in [0.2, 0.25) is 5.02 Å². The van der Waals surface area contributed by atoms with E-state index in [1.807, 2.05) is 0 Å². The fraction of sp³-hybridized carbons (Fsp3) is 0.250. The fourth-order valence-corrected chi connectivity index (χ4v) is 1.87. The Morgan fingerprint density at radius 2 is 2.00 bits per heavy atom. The van der Waals surface area contributed by atoms with Crippen LogP contribution >= 0.6 is 11.6 Å². The summed E-state index contributed by atoms with van der Waals surface area (Å²) in [7, 11) is 1.54. The molecule has 0 fully saturated rings. The van der Waals surface area contributed by atoms with Crippen LogP contribution in [0.25, 0.3) is 0 Å². The first kappa shape index (κ1) is 16.9. The molecule has 0 radical (unpaired) electrons. The Morgan fingerprint density at radius 1 is 1.26 bits per heavy atom. The minimum Gasteiger partial charge on any atom is -0.484 e. The zero-order valence-electron chi connectivity index (χ0n) is 12.6. The number of benzene rings is 1. The van der Waals surface area contributed by atoms with Crippen molar-refractivity contribution in [3.8, 4) is 5.75 Å². The lowest BCUT2D eigenvalue weighted by Crippen LogP contribution is -2.40. The second kappa shape index (κ2) is 8.24. The molecule has 1 aromatic heterocycles. The summed E-state index contributed by atoms with van der Waals surface area (Å²) < 4.78 is 10.5. The Bertz CT molecular complexity index is 641. The predicted molar refractivity (Wildman–Crippen MR) is 85.1 cm³/mol. The van der Waals surface area contributed by atoms with E-state index in [-0.39, 0.29) is 31.5 Å². The van der Waals surface area contributed by atoms with Crippen LogP contribution in [0.3, 0.4) is 0 Å². The van der Waals surface area contributed by atoms with Gasteiger partial charge in [0.05, 0.1) is 19.4 Å². The van der Waals surface area contributed by atoms with Crippen molar-refractivity contribution in [2.24, 2.45) is 0 Å². The molecule has 0 aliphatic heterocycles. The number of amides is 2. The molecule has 0 aliphatic carbocycles. The topological polar surface area (TPSA) is 71.8 Å². The molecule has 0 atom stereocenters. The molecule has 0 unspecified atom stereocenters. The van der Waals surface area contributed by atoms with Crippen LogP contribution in [0, 0.1) is 0 Å². The van der Waals surface area contributed by atoms with Gasteiger partial charge in [-0.25, -0.2) is 0 Å². The van der Waals surface area contributed by atoms with Gasteiger partial charge in [0.1, 0.15) is 11.5 Å². The SMILES string of the molecule is CN(CC(=O)NCc1ccco1)C(=O)COc1ccc(Cl)cc1. The van der Waals surface area contributed by atoms with Crippen LogP contribution in [0.15, 0.2) is 47.1 Å². The van der Waals surface area contributed by atoms with Gasteiger partial charge in [0.15, 0.2) is 6.61 Å². The molecule has 7 heteroatoms. The van der Waals surface area contributed by atoms with E-state index in [9.17, 15) is 9.59 Å². The van der Waals surface area contributed by atoms with Gasteiger partial charge in [-0.15, -0.1) is 0 Å². The van der Waals surface area contributed by atoms with Crippen molar-refractivity contribution in [3.63, 3.8) is 0 Å². The van der Waals surface area contributed by atoms with Crippen LogP contribution in [0.5, 0.6) is 5.75 Å². The van der Waals surface area contributed by atoms with Crippen LogP contribution in [-0.4, -0.2) is 36.9 Å². The average molecular weight is 337 g/mol. The van der Waals surface area contributed by atoms with E-state index in [0.29, 0.717) is 16.5 Å². The zero-order valence-corrected chi connectivity index (χ0v) is 13.4. The molecule has 6 nitrogen and oxygen atoms in total. The summed E-state index contributed by atoms with van der Waals surface area (Å²) in [5, 5.41) is 3.26. The molecular weight excluding hydrogens is 320 g/mol. The van der Waals surface area contributed by atoms with Crippen molar-refractivity contribution in [1.82, 2.24) is 10.2 Å². The molecule has 2 aromatic rings. The van der Waals surface area contributed by atoms with Crippen molar-refractivity contribution in [2.75, 3.05) is 20.2 Å². The van der Waals surface area contributed by atoms with E-state index < -0.39 is 0 Å². The van der Waals surface area contributed by atoms with E-state index >= 15 is 0 Å². The third-order valence-electron chi connectivity index (χ3n) is 3.02. The van der Waals surface area contributed by atoms with Crippen molar-refractivity contribution >= 4 is 23.4 Å². The first-order chi connectivity index (χ1) is 11.0. The van der Waals surface area contributed by atoms with Crippen molar-refractivity contribution in [1.29, 1.82) is 0 Å². The summed E-state index contributed by atoms with van der Waals surface area (Å²) in [4.78, 5) is 25.0. The fourth-order valence-electron chi connectivity index (χ4n) is 1.74. The first-order valence-corrected chi connectivity index (χ1v) is 7.34. The normalized spacial score (nSPS) is 10.2. The minimum atomic E-state index is -0.298. The number of ether oxygens (including phenoxy) is 1. The first-order valence-electron chi connectivity index (χ1n) is 6.96. The molecule has 0 saturated carbocycles. The van der Waals surface area contributed by atoms with Gasteiger partial charge in [-0.1, -0.05) is 11.6 Å². The minimum absolute atomic E-state index is 0.0521. The van der Waals surface area contributed by atoms with E-state index in [1.54, 1.807) is 43.4 Å². The summed E-state index contributed by atoms with van der Waals surface area (Å²) in [6.07, 6.45) is 1.53. The number of hydrogen-bond acceptors (Lipinski definition) is 4. The second-order valence-corrected chi connectivity index (χ2v) is 5.28. The Labute approximate surface area is 139 Å². The molecular formula is C16H17ClN2O4. The summed E-state index contributed by atoms with van der Waals surface area (Å²) in [6.45, 7) is 0.0856. The maximum atomic E-state index is 11.9. The quantitative estimate of drug-likeness (QED) is 0.840. The van der Waals surface area contributed by atoms with Gasteiger partial charge >= 0.3 is 0 Å². The molecule has 0 aliphatic rings. The summed E-state index contributed by atoms with van der Waals surface area (Å²) >= 11 is 5.77. The van der Waals surface area contributed by atoms with E-state index in [2.05, 4.69) is 5.32 Å². The van der Waals surface area contributed by atoms with E-state index in [0.717, 1.165) is 0 Å². The number of carbonyl (C=O) groups excluding carboxylic acids is 2. The highest BCUT2D eigenvalue weighted by atomic mass is 35.5. The van der Waals surface area contributed by atoms with Crippen LogP contribution in [-0.2, 0) is 16.1 Å². The van der Waals surface area contributed by atoms with Gasteiger partial charge in [-0.2, -0.15) is 0 Å². The molecule has 122 valence electrons. The number of nitrogens with one attached hydrogen (secondary N) is 1. The van der Waals surface area contributed by atoms with E-state index in [1.165, 1.54) is 11.2 Å². The third kappa shape index (κ3) is 5.67. The number of halogens is 1. The lowest BCUT2D eigenvalue weighted by molar-refractivity contribution is -0.136. The van der Waals surface area contributed by atoms with E-state index in [4.69, 9.17) is 20.8 Å². The Morgan fingerprint density at radius 3 is 2.65 bits per heavy atom. The van der Waals surface area contributed by atoms with Gasteiger partial charge in [-0.05, 0) is 36.4 Å². The smallest absolute Gasteiger partial charge is 0.260 e. The number of rotatable bonds is 7. The average Bonchev–Trinajstić information content (AvgIpc) is 3.05. The lowest BCUT2D eigenvalue weighted by atomic mass is 10.3. The highest BCUT2D eigenvalue weighted by molar-refractivity contribution is 6.30. The number of hydrogen-bond donors (Lipinski definition) is 1. The molecule has 1 heterocycles. The molecule has 23 heavy (non-hydrogen) atoms. The predicted octanol–water partition coefficient (Wildman–Crippen LogP) is 2.09. The number of furan rings is 1. The molecule has 2 rings (SSSR count). The number of likely N-dealkylation sites (N-methyl/N-ethyl adjacent to an activating group) is 1. The molecule has 1 aromatic carbocycles. The van der Waals surface area contributed by atoms with Gasteiger partial charge in [-0.3, -0.25) is 9.59 Å². The molecule has 0 bridgehead atoms. The summed E-state index contributed by atoms with van der Waals surface area (Å²) in [5.41, 5.74) is 0. The van der Waals surface area contributed by atoms with Crippen LogP contribution < -0.4 is 10.1 Å². The maximum Gasteiger partial charge on any atom is 0.260 e. The number of carbonyl (C=O) groups is 2. The van der Waals surface area contributed by atoms with Crippen LogP contribution in [0.1, 0.15) is 5.76 Å².